The largest absolute Gasteiger partial charge is 0.416 e. The summed E-state index contributed by atoms with van der Waals surface area (Å²) in [7, 11) is 0. The molecule has 1 heterocycles. The molecule has 1 saturated carbocycles. The molecule has 1 aliphatic heterocycles. The Balaban J connectivity index is 1.53. The van der Waals surface area contributed by atoms with Gasteiger partial charge in [-0.1, -0.05) is 132 Å². The van der Waals surface area contributed by atoms with E-state index >= 15 is 14.4 Å². The fourth-order valence-corrected chi connectivity index (χ4v) is 8.86. The zero-order valence-electron chi connectivity index (χ0n) is 27.0. The minimum Gasteiger partial charge on any atom is -0.297 e. The van der Waals surface area contributed by atoms with E-state index < -0.39 is 46.2 Å². The van der Waals surface area contributed by atoms with E-state index in [9.17, 15) is 13.2 Å². The van der Waals surface area contributed by atoms with Crippen molar-refractivity contribution >= 4 is 46.0 Å². The van der Waals surface area contributed by atoms with Crippen LogP contribution in [0, 0.1) is 25.7 Å². The van der Waals surface area contributed by atoms with Gasteiger partial charge in [-0.15, -0.1) is 0 Å². The summed E-state index contributed by atoms with van der Waals surface area (Å²) in [6.07, 6.45) is -4.76. The van der Waals surface area contributed by atoms with E-state index in [0.717, 1.165) is 34.2 Å². The minimum atomic E-state index is -4.76. The van der Waals surface area contributed by atoms with Gasteiger partial charge in [-0.25, -0.2) is 4.90 Å². The third-order valence-electron chi connectivity index (χ3n) is 10.6. The summed E-state index contributed by atoms with van der Waals surface area (Å²) >= 11 is 6.52. The molecule has 0 aromatic heterocycles. The maximum atomic E-state index is 16.0. The van der Waals surface area contributed by atoms with Crippen LogP contribution in [-0.4, -0.2) is 17.6 Å². The highest BCUT2D eigenvalue weighted by molar-refractivity contribution is 6.41. The quantitative estimate of drug-likeness (QED) is 0.173. The number of ketones is 1. The van der Waals surface area contributed by atoms with E-state index in [-0.39, 0.29) is 16.5 Å². The van der Waals surface area contributed by atoms with Gasteiger partial charge in [-0.2, -0.15) is 13.2 Å². The number of alkyl halides is 3. The molecule has 4 atom stereocenters. The Morgan fingerprint density at radius 2 is 1.02 bits per heavy atom. The first-order valence-corrected chi connectivity index (χ1v) is 16.6. The topological polar surface area (TPSA) is 54.5 Å². The number of aryl methyl sites for hydroxylation is 2. The molecular weight excluding hydrogens is 659 g/mol. The molecule has 2 amide bonds. The van der Waals surface area contributed by atoms with E-state index in [1.54, 1.807) is 48.5 Å². The summed E-state index contributed by atoms with van der Waals surface area (Å²) in [5.41, 5.74) is 0.834. The van der Waals surface area contributed by atoms with Crippen molar-refractivity contribution in [2.75, 3.05) is 4.90 Å². The molecule has 5 aromatic rings. The lowest BCUT2D eigenvalue weighted by Crippen LogP contribution is -2.45. The number of rotatable bonds is 5. The summed E-state index contributed by atoms with van der Waals surface area (Å²) < 4.78 is 42.0. The molecule has 0 spiro atoms. The summed E-state index contributed by atoms with van der Waals surface area (Å²) in [4.78, 5) is 47.0. The van der Waals surface area contributed by atoms with Gasteiger partial charge in [0.25, 0.3) is 0 Å². The molecule has 2 fully saturated rings. The van der Waals surface area contributed by atoms with Gasteiger partial charge in [-0.3, -0.25) is 14.4 Å². The zero-order chi connectivity index (χ0) is 35.2. The predicted molar refractivity (Wildman–Crippen MR) is 186 cm³/mol. The first kappa shape index (κ1) is 32.0. The van der Waals surface area contributed by atoms with Crippen LogP contribution in [0.1, 0.15) is 38.9 Å². The molecule has 8 heteroatoms. The molecule has 0 radical (unpaired) electrons. The molecule has 0 unspecified atom stereocenters. The average molecular weight is 688 g/mol. The van der Waals surface area contributed by atoms with Gasteiger partial charge in [0, 0.05) is 0 Å². The summed E-state index contributed by atoms with van der Waals surface area (Å²) in [5, 5.41) is -0.189. The van der Waals surface area contributed by atoms with Gasteiger partial charge in [0.15, 0.2) is 5.78 Å². The van der Waals surface area contributed by atoms with Crippen molar-refractivity contribution in [1.29, 1.82) is 0 Å². The Labute approximate surface area is 291 Å². The number of anilines is 1. The standard InChI is InChI=1S/C42H29ClF3NO3/c1-24-13-17-26(18-14-24)33-34(27-19-15-25(2)16-20-27)41(29-11-7-4-8-12-29)36-35(40(33,39(41)50)28-9-5-3-6-10-28)37(48)47(38(36)49)32-23-30(42(44,45)46)21-22-31(32)43/h3-23,35-36H,1-2H3/t35-,36-,40-,41-/m1/s1. The smallest absolute Gasteiger partial charge is 0.297 e. The Morgan fingerprint density at radius 3 is 1.42 bits per heavy atom. The normalized spacial score (nSPS) is 24.4. The third kappa shape index (κ3) is 4.16. The number of imide groups is 1. The SMILES string of the molecule is Cc1ccc(C2=C(c3ccc(C)cc3)[C@@]3(c4ccccc4)C(=O)[C@@]2(c2ccccc2)[C@H]2C(=O)N(c4cc(C(F)(F)F)ccc4Cl)C(=O)[C@@H]23)cc1. The van der Waals surface area contributed by atoms with Crippen molar-refractivity contribution in [3.8, 4) is 0 Å². The Bertz CT molecular complexity index is 2120. The van der Waals surface area contributed by atoms with Gasteiger partial charge in [0.1, 0.15) is 0 Å². The van der Waals surface area contributed by atoms with Crippen LogP contribution in [0.2, 0.25) is 5.02 Å². The number of Topliss-reactive ketones (excluding diaryl/α,β-unsaturated/α-hetero) is 1. The second kappa shape index (κ2) is 11.1. The number of fused-ring (bicyclic) bond motifs is 5. The van der Waals surface area contributed by atoms with Gasteiger partial charge in [-0.05, 0) is 65.4 Å². The lowest BCUT2D eigenvalue weighted by Gasteiger charge is -2.39. The van der Waals surface area contributed by atoms with Crippen LogP contribution in [0.25, 0.3) is 11.1 Å². The van der Waals surface area contributed by atoms with Gasteiger partial charge in [0.05, 0.1) is 38.9 Å². The first-order valence-electron chi connectivity index (χ1n) is 16.2. The van der Waals surface area contributed by atoms with Crippen molar-refractivity contribution in [3.05, 3.63) is 171 Å². The molecule has 0 N–H and O–H groups in total. The zero-order valence-corrected chi connectivity index (χ0v) is 27.7. The molecule has 1 saturated heterocycles. The fourth-order valence-electron chi connectivity index (χ4n) is 8.66. The number of allylic oxidation sites excluding steroid dienone is 2. The Hall–Kier alpha value is -5.27. The monoisotopic (exact) mass is 687 g/mol. The van der Waals surface area contributed by atoms with Crippen LogP contribution in [0.4, 0.5) is 18.9 Å². The van der Waals surface area contributed by atoms with Crippen LogP contribution in [0.5, 0.6) is 0 Å². The second-order valence-corrected chi connectivity index (χ2v) is 13.7. The van der Waals surface area contributed by atoms with Gasteiger partial charge >= 0.3 is 6.18 Å². The van der Waals surface area contributed by atoms with Crippen LogP contribution in [0.3, 0.4) is 0 Å². The Kier molecular flexibility index (Phi) is 7.11. The molecular formula is C42H29ClF3NO3. The molecule has 3 aliphatic rings. The fraction of sp³-hybridized carbons (Fsp3) is 0.167. The highest BCUT2D eigenvalue weighted by atomic mass is 35.5. The van der Waals surface area contributed by atoms with Crippen LogP contribution in [0.15, 0.2) is 127 Å². The lowest BCUT2D eigenvalue weighted by molar-refractivity contribution is -0.137. The number of carbonyl (C=O) groups is 3. The molecule has 4 nitrogen and oxygen atoms in total. The lowest BCUT2D eigenvalue weighted by atomic mass is 9.59. The molecule has 5 aromatic carbocycles. The van der Waals surface area contributed by atoms with Crippen LogP contribution in [-0.2, 0) is 31.4 Å². The number of benzene rings is 5. The van der Waals surface area contributed by atoms with E-state index in [0.29, 0.717) is 33.4 Å². The number of carbonyl (C=O) groups excluding carboxylic acids is 3. The summed E-state index contributed by atoms with van der Waals surface area (Å²) in [5.74, 6) is -4.45. The van der Waals surface area contributed by atoms with Crippen LogP contribution < -0.4 is 4.90 Å². The van der Waals surface area contributed by atoms with Crippen molar-refractivity contribution in [1.82, 2.24) is 0 Å². The molecule has 2 aliphatic carbocycles. The summed E-state index contributed by atoms with van der Waals surface area (Å²) in [6, 6.07) is 36.0. The third-order valence-corrected chi connectivity index (χ3v) is 11.0. The molecule has 8 rings (SSSR count). The van der Waals surface area contributed by atoms with Gasteiger partial charge < -0.3 is 0 Å². The van der Waals surface area contributed by atoms with E-state index in [1.807, 2.05) is 74.5 Å². The first-order chi connectivity index (χ1) is 23.9. The highest BCUT2D eigenvalue weighted by Gasteiger charge is 2.82. The van der Waals surface area contributed by atoms with E-state index in [4.69, 9.17) is 11.6 Å². The van der Waals surface area contributed by atoms with Crippen molar-refractivity contribution in [2.24, 2.45) is 11.8 Å². The average Bonchev–Trinajstić information content (AvgIpc) is 3.61. The maximum absolute atomic E-state index is 16.0. The number of nitrogens with zero attached hydrogens (tertiary/aromatic N) is 1. The summed E-state index contributed by atoms with van der Waals surface area (Å²) in [6.45, 7) is 3.91. The predicted octanol–water partition coefficient (Wildman–Crippen LogP) is 9.16. The van der Waals surface area contributed by atoms with Gasteiger partial charge in [0.2, 0.25) is 11.8 Å². The molecule has 248 valence electrons. The second-order valence-electron chi connectivity index (χ2n) is 13.3. The van der Waals surface area contributed by atoms with E-state index in [1.165, 1.54) is 0 Å². The van der Waals surface area contributed by atoms with Crippen molar-refractivity contribution < 1.29 is 27.6 Å². The highest BCUT2D eigenvalue weighted by Crippen LogP contribution is 2.74. The van der Waals surface area contributed by atoms with Crippen molar-refractivity contribution in [2.45, 2.75) is 30.9 Å². The number of amides is 2. The van der Waals surface area contributed by atoms with Crippen molar-refractivity contribution in [3.63, 3.8) is 0 Å². The number of hydrogen-bond acceptors (Lipinski definition) is 3. The minimum absolute atomic E-state index is 0.189. The number of hydrogen-bond donors (Lipinski definition) is 0. The molecule has 50 heavy (non-hydrogen) atoms. The van der Waals surface area contributed by atoms with E-state index in [2.05, 4.69) is 0 Å². The maximum Gasteiger partial charge on any atom is 0.416 e. The van der Waals surface area contributed by atoms with Crippen LogP contribution >= 0.6 is 11.6 Å². The number of halogens is 4. The Morgan fingerprint density at radius 1 is 0.600 bits per heavy atom. The molecule has 2 bridgehead atoms.